The standard InChI is InChI=1S/C20H23FN2O2/c1-14(2)16-8-10-18(11-9-16)23(15(3)24)13-20(25)22-12-17-6-4-5-7-19(17)21/h4-11,14H,12-13H2,1-3H3,(H,22,25). The third-order valence-electron chi connectivity index (χ3n) is 3.99. The van der Waals surface area contributed by atoms with E-state index < -0.39 is 0 Å². The van der Waals surface area contributed by atoms with Crippen molar-refractivity contribution in [3.8, 4) is 0 Å². The van der Waals surface area contributed by atoms with E-state index in [4.69, 9.17) is 0 Å². The Bertz CT molecular complexity index is 742. The molecule has 0 aliphatic heterocycles. The van der Waals surface area contributed by atoms with Gasteiger partial charge in [-0.3, -0.25) is 9.59 Å². The maximum absolute atomic E-state index is 13.6. The summed E-state index contributed by atoms with van der Waals surface area (Å²) in [6.07, 6.45) is 0. The van der Waals surface area contributed by atoms with Crippen LogP contribution in [0.1, 0.15) is 37.8 Å². The normalized spacial score (nSPS) is 10.6. The Morgan fingerprint density at radius 3 is 2.28 bits per heavy atom. The molecule has 0 aliphatic carbocycles. The largest absolute Gasteiger partial charge is 0.350 e. The number of halogens is 1. The number of nitrogens with one attached hydrogen (secondary N) is 1. The highest BCUT2D eigenvalue weighted by molar-refractivity contribution is 5.97. The van der Waals surface area contributed by atoms with Gasteiger partial charge in [-0.25, -0.2) is 4.39 Å². The molecule has 2 rings (SSSR count). The number of hydrogen-bond donors (Lipinski definition) is 1. The van der Waals surface area contributed by atoms with E-state index in [0.29, 0.717) is 17.2 Å². The molecule has 1 N–H and O–H groups in total. The molecule has 0 heterocycles. The lowest BCUT2D eigenvalue weighted by Crippen LogP contribution is -2.39. The van der Waals surface area contributed by atoms with Crippen molar-refractivity contribution in [3.05, 3.63) is 65.5 Å². The molecule has 25 heavy (non-hydrogen) atoms. The maximum atomic E-state index is 13.6. The summed E-state index contributed by atoms with van der Waals surface area (Å²) in [5.41, 5.74) is 2.24. The Morgan fingerprint density at radius 2 is 1.72 bits per heavy atom. The van der Waals surface area contributed by atoms with Crippen LogP contribution in [0.25, 0.3) is 0 Å². The Balaban J connectivity index is 2.02. The van der Waals surface area contributed by atoms with Gasteiger partial charge in [0.1, 0.15) is 12.4 Å². The number of benzene rings is 2. The summed E-state index contributed by atoms with van der Waals surface area (Å²) < 4.78 is 13.6. The predicted octanol–water partition coefficient (Wildman–Crippen LogP) is 3.62. The zero-order valence-electron chi connectivity index (χ0n) is 14.8. The van der Waals surface area contributed by atoms with Crippen molar-refractivity contribution in [3.63, 3.8) is 0 Å². The molecule has 4 nitrogen and oxygen atoms in total. The second-order valence-corrected chi connectivity index (χ2v) is 6.22. The minimum Gasteiger partial charge on any atom is -0.350 e. The van der Waals surface area contributed by atoms with Crippen LogP contribution in [0.3, 0.4) is 0 Å². The van der Waals surface area contributed by atoms with Crippen molar-refractivity contribution >= 4 is 17.5 Å². The highest BCUT2D eigenvalue weighted by Gasteiger charge is 2.16. The van der Waals surface area contributed by atoms with Crippen LogP contribution in [0, 0.1) is 5.82 Å². The average molecular weight is 342 g/mol. The van der Waals surface area contributed by atoms with E-state index in [1.165, 1.54) is 17.9 Å². The van der Waals surface area contributed by atoms with E-state index in [-0.39, 0.29) is 30.7 Å². The summed E-state index contributed by atoms with van der Waals surface area (Å²) in [4.78, 5) is 25.5. The molecule has 0 aromatic heterocycles. The van der Waals surface area contributed by atoms with Gasteiger partial charge in [-0.15, -0.1) is 0 Å². The number of amides is 2. The van der Waals surface area contributed by atoms with Crippen LogP contribution < -0.4 is 10.2 Å². The molecule has 2 aromatic rings. The molecule has 0 aliphatic rings. The first-order valence-electron chi connectivity index (χ1n) is 8.26. The number of rotatable bonds is 6. The van der Waals surface area contributed by atoms with Gasteiger partial charge in [0.05, 0.1) is 0 Å². The first kappa shape index (κ1) is 18.6. The van der Waals surface area contributed by atoms with Gasteiger partial charge in [0.25, 0.3) is 0 Å². The molecule has 0 unspecified atom stereocenters. The first-order valence-corrected chi connectivity index (χ1v) is 8.26. The Hall–Kier alpha value is -2.69. The van der Waals surface area contributed by atoms with Crippen LogP contribution in [-0.4, -0.2) is 18.4 Å². The number of hydrogen-bond acceptors (Lipinski definition) is 2. The van der Waals surface area contributed by atoms with Crippen LogP contribution in [0.4, 0.5) is 10.1 Å². The van der Waals surface area contributed by atoms with Gasteiger partial charge in [0, 0.05) is 24.7 Å². The second kappa shape index (κ2) is 8.42. The maximum Gasteiger partial charge on any atom is 0.240 e. The molecule has 0 atom stereocenters. The van der Waals surface area contributed by atoms with E-state index >= 15 is 0 Å². The van der Waals surface area contributed by atoms with Crippen LogP contribution in [0.15, 0.2) is 48.5 Å². The summed E-state index contributed by atoms with van der Waals surface area (Å²) in [6.45, 7) is 5.58. The predicted molar refractivity (Wildman–Crippen MR) is 96.8 cm³/mol. The second-order valence-electron chi connectivity index (χ2n) is 6.22. The van der Waals surface area contributed by atoms with Crippen LogP contribution in [0.5, 0.6) is 0 Å². The quantitative estimate of drug-likeness (QED) is 0.872. The van der Waals surface area contributed by atoms with E-state index in [2.05, 4.69) is 19.2 Å². The smallest absolute Gasteiger partial charge is 0.240 e. The van der Waals surface area contributed by atoms with Crippen LogP contribution in [-0.2, 0) is 16.1 Å². The number of anilines is 1. The Kier molecular flexibility index (Phi) is 6.28. The third kappa shape index (κ3) is 5.14. The SMILES string of the molecule is CC(=O)N(CC(=O)NCc1ccccc1F)c1ccc(C(C)C)cc1. The average Bonchev–Trinajstić information content (AvgIpc) is 2.59. The fraction of sp³-hybridized carbons (Fsp3) is 0.300. The highest BCUT2D eigenvalue weighted by atomic mass is 19.1. The van der Waals surface area contributed by atoms with Gasteiger partial charge in [-0.05, 0) is 29.7 Å². The number of carbonyl (C=O) groups excluding carboxylic acids is 2. The van der Waals surface area contributed by atoms with Gasteiger partial charge in [-0.1, -0.05) is 44.2 Å². The molecular formula is C20H23FN2O2. The zero-order chi connectivity index (χ0) is 18.4. The molecule has 2 amide bonds. The Morgan fingerprint density at radius 1 is 1.08 bits per heavy atom. The summed E-state index contributed by atoms with van der Waals surface area (Å²) in [6, 6.07) is 13.8. The first-order chi connectivity index (χ1) is 11.9. The molecule has 132 valence electrons. The molecule has 0 saturated heterocycles. The fourth-order valence-corrected chi connectivity index (χ4v) is 2.46. The lowest BCUT2D eigenvalue weighted by Gasteiger charge is -2.21. The molecule has 0 spiro atoms. The van der Waals surface area contributed by atoms with E-state index in [0.717, 1.165) is 5.56 Å². The van der Waals surface area contributed by atoms with Crippen molar-refractivity contribution in [1.29, 1.82) is 0 Å². The molecule has 0 fully saturated rings. The van der Waals surface area contributed by atoms with Gasteiger partial charge >= 0.3 is 0 Å². The van der Waals surface area contributed by atoms with Gasteiger partial charge in [0.15, 0.2) is 0 Å². The molecule has 0 radical (unpaired) electrons. The van der Waals surface area contributed by atoms with E-state index in [1.807, 2.05) is 24.3 Å². The van der Waals surface area contributed by atoms with E-state index in [1.54, 1.807) is 18.2 Å². The van der Waals surface area contributed by atoms with Crippen molar-refractivity contribution < 1.29 is 14.0 Å². The van der Waals surface area contributed by atoms with Gasteiger partial charge in [0.2, 0.25) is 11.8 Å². The van der Waals surface area contributed by atoms with Crippen molar-refractivity contribution in [2.45, 2.75) is 33.2 Å². The van der Waals surface area contributed by atoms with Crippen LogP contribution in [0.2, 0.25) is 0 Å². The number of carbonyl (C=O) groups is 2. The van der Waals surface area contributed by atoms with Gasteiger partial charge < -0.3 is 10.2 Å². The summed E-state index contributed by atoms with van der Waals surface area (Å²) in [5.74, 6) is -0.538. The lowest BCUT2D eigenvalue weighted by atomic mass is 10.0. The molecule has 0 bridgehead atoms. The molecule has 2 aromatic carbocycles. The van der Waals surface area contributed by atoms with Crippen molar-refractivity contribution in [2.75, 3.05) is 11.4 Å². The summed E-state index contributed by atoms with van der Waals surface area (Å²) in [5, 5.41) is 2.65. The number of nitrogens with zero attached hydrogens (tertiary/aromatic N) is 1. The highest BCUT2D eigenvalue weighted by Crippen LogP contribution is 2.20. The van der Waals surface area contributed by atoms with Crippen molar-refractivity contribution in [1.82, 2.24) is 5.32 Å². The lowest BCUT2D eigenvalue weighted by molar-refractivity contribution is -0.123. The molecule has 0 saturated carbocycles. The van der Waals surface area contributed by atoms with Crippen molar-refractivity contribution in [2.24, 2.45) is 0 Å². The topological polar surface area (TPSA) is 49.4 Å². The molecular weight excluding hydrogens is 319 g/mol. The minimum absolute atomic E-state index is 0.0868. The summed E-state index contributed by atoms with van der Waals surface area (Å²) >= 11 is 0. The Labute approximate surface area is 147 Å². The monoisotopic (exact) mass is 342 g/mol. The zero-order valence-corrected chi connectivity index (χ0v) is 14.8. The van der Waals surface area contributed by atoms with E-state index in [9.17, 15) is 14.0 Å². The molecule has 5 heteroatoms. The van der Waals surface area contributed by atoms with Crippen LogP contribution >= 0.6 is 0 Å². The fourth-order valence-electron chi connectivity index (χ4n) is 2.46. The summed E-state index contributed by atoms with van der Waals surface area (Å²) in [7, 11) is 0. The van der Waals surface area contributed by atoms with Gasteiger partial charge in [-0.2, -0.15) is 0 Å². The third-order valence-corrected chi connectivity index (χ3v) is 3.99. The minimum atomic E-state index is -0.365.